The Kier molecular flexibility index (Phi) is 3.72. The van der Waals surface area contributed by atoms with Crippen LogP contribution in [-0.4, -0.2) is 20.7 Å². The maximum atomic E-state index is 10.8. The summed E-state index contributed by atoms with van der Waals surface area (Å²) in [6.07, 6.45) is 1.94. The normalized spacial score (nSPS) is 10.6. The number of hydrogen-bond acceptors (Lipinski definition) is 4. The molecule has 0 radical (unpaired) electrons. The second kappa shape index (κ2) is 5.11. The van der Waals surface area contributed by atoms with Crippen molar-refractivity contribution in [1.82, 2.24) is 9.55 Å². The number of thioether (sulfide) groups is 1. The fourth-order valence-corrected chi connectivity index (χ4v) is 3.04. The molecule has 0 atom stereocenters. The zero-order valence-electron chi connectivity index (χ0n) is 9.75. The molecule has 0 fully saturated rings. The number of aromatic nitrogens is 2. The molecule has 0 aliphatic rings. The number of halogens is 1. The fourth-order valence-electron chi connectivity index (χ4n) is 1.71. The Morgan fingerprint density at radius 1 is 1.50 bits per heavy atom. The van der Waals surface area contributed by atoms with E-state index < -0.39 is 4.92 Å². The van der Waals surface area contributed by atoms with Gasteiger partial charge >= 0.3 is 0 Å². The highest BCUT2D eigenvalue weighted by molar-refractivity contribution is 9.10. The van der Waals surface area contributed by atoms with Crippen LogP contribution in [0.3, 0.4) is 0 Å². The van der Waals surface area contributed by atoms with Gasteiger partial charge in [-0.3, -0.25) is 10.1 Å². The number of nitro groups is 1. The van der Waals surface area contributed by atoms with Gasteiger partial charge in [0.15, 0.2) is 5.16 Å². The first-order valence-electron chi connectivity index (χ1n) is 5.05. The molecule has 1 heterocycles. The minimum absolute atomic E-state index is 0.0753. The first-order valence-corrected chi connectivity index (χ1v) is 7.07. The Morgan fingerprint density at radius 3 is 2.78 bits per heavy atom. The summed E-state index contributed by atoms with van der Waals surface area (Å²) >= 11 is 4.92. The third kappa shape index (κ3) is 2.28. The zero-order chi connectivity index (χ0) is 13.3. The van der Waals surface area contributed by atoms with Crippen molar-refractivity contribution >= 4 is 33.4 Å². The van der Waals surface area contributed by atoms with Crippen molar-refractivity contribution in [3.8, 4) is 11.3 Å². The monoisotopic (exact) mass is 327 g/mol. The van der Waals surface area contributed by atoms with Crippen LogP contribution in [0.1, 0.15) is 0 Å². The van der Waals surface area contributed by atoms with Gasteiger partial charge in [0.2, 0.25) is 0 Å². The summed E-state index contributed by atoms with van der Waals surface area (Å²) in [7, 11) is 1.89. The first kappa shape index (κ1) is 13.1. The fraction of sp³-hybridized carbons (Fsp3) is 0.182. The number of non-ortho nitro benzene ring substituents is 1. The summed E-state index contributed by atoms with van der Waals surface area (Å²) in [5.74, 6) is 0. The molecule has 5 nitrogen and oxygen atoms in total. The van der Waals surface area contributed by atoms with Crippen LogP contribution in [0, 0.1) is 10.1 Å². The highest BCUT2D eigenvalue weighted by Crippen LogP contribution is 2.32. The number of imidazole rings is 1. The summed E-state index contributed by atoms with van der Waals surface area (Å²) in [6, 6.07) is 6.53. The molecule has 18 heavy (non-hydrogen) atoms. The highest BCUT2D eigenvalue weighted by Gasteiger charge is 2.16. The van der Waals surface area contributed by atoms with Crippen molar-refractivity contribution in [2.75, 3.05) is 6.26 Å². The van der Waals surface area contributed by atoms with Crippen LogP contribution in [0.5, 0.6) is 0 Å². The predicted molar refractivity (Wildman–Crippen MR) is 74.8 cm³/mol. The quantitative estimate of drug-likeness (QED) is 0.492. The lowest BCUT2D eigenvalue weighted by atomic mass is 10.1. The van der Waals surface area contributed by atoms with E-state index in [0.717, 1.165) is 16.4 Å². The van der Waals surface area contributed by atoms with Crippen molar-refractivity contribution in [2.24, 2.45) is 7.05 Å². The van der Waals surface area contributed by atoms with Crippen LogP contribution in [0.2, 0.25) is 0 Å². The van der Waals surface area contributed by atoms with Gasteiger partial charge < -0.3 is 4.57 Å². The molecule has 1 aromatic carbocycles. The van der Waals surface area contributed by atoms with Gasteiger partial charge in [-0.25, -0.2) is 4.98 Å². The molecule has 0 saturated carbocycles. The van der Waals surface area contributed by atoms with Gasteiger partial charge in [0, 0.05) is 24.7 Å². The van der Waals surface area contributed by atoms with E-state index in [1.54, 1.807) is 12.1 Å². The van der Waals surface area contributed by atoms with Crippen LogP contribution in [0.4, 0.5) is 5.69 Å². The van der Waals surface area contributed by atoms with E-state index in [1.165, 1.54) is 17.8 Å². The first-order chi connectivity index (χ1) is 8.54. The number of hydrogen-bond donors (Lipinski definition) is 0. The van der Waals surface area contributed by atoms with E-state index in [1.807, 2.05) is 23.9 Å². The molecule has 0 bridgehead atoms. The number of rotatable bonds is 3. The number of nitrogens with zero attached hydrogens (tertiary/aromatic N) is 3. The molecule has 1 aromatic heterocycles. The van der Waals surface area contributed by atoms with Crippen molar-refractivity contribution in [2.45, 2.75) is 5.16 Å². The van der Waals surface area contributed by atoms with Crippen LogP contribution < -0.4 is 0 Å². The molecule has 2 aromatic rings. The van der Waals surface area contributed by atoms with E-state index >= 15 is 0 Å². The van der Waals surface area contributed by atoms with Crippen molar-refractivity contribution in [3.05, 3.63) is 39.0 Å². The molecule has 0 aliphatic heterocycles. The number of benzene rings is 1. The molecule has 0 amide bonds. The Hall–Kier alpha value is -1.34. The lowest BCUT2D eigenvalue weighted by molar-refractivity contribution is -0.384. The Labute approximate surface area is 117 Å². The lowest BCUT2D eigenvalue weighted by Crippen LogP contribution is -1.95. The van der Waals surface area contributed by atoms with E-state index in [9.17, 15) is 10.1 Å². The highest BCUT2D eigenvalue weighted by atomic mass is 79.9. The Bertz CT molecular complexity index is 612. The molecule has 0 spiro atoms. The molecule has 0 unspecified atom stereocenters. The van der Waals surface area contributed by atoms with E-state index in [4.69, 9.17) is 0 Å². The topological polar surface area (TPSA) is 61.0 Å². The van der Waals surface area contributed by atoms with Gasteiger partial charge in [0.1, 0.15) is 4.60 Å². The third-order valence-corrected chi connectivity index (χ3v) is 3.81. The predicted octanol–water partition coefficient (Wildman–Crippen LogP) is 3.48. The van der Waals surface area contributed by atoms with Gasteiger partial charge in [-0.1, -0.05) is 23.9 Å². The summed E-state index contributed by atoms with van der Waals surface area (Å²) in [4.78, 5) is 14.7. The molecule has 2 rings (SSSR count). The van der Waals surface area contributed by atoms with E-state index in [-0.39, 0.29) is 5.69 Å². The third-order valence-electron chi connectivity index (χ3n) is 2.52. The molecule has 0 saturated heterocycles. The standard InChI is InChI=1S/C11H10BrN3O2S/c1-14-9(10(12)13-11(14)18-2)7-4-3-5-8(6-7)15(16)17/h3-6H,1-2H3. The second-order valence-electron chi connectivity index (χ2n) is 3.60. The maximum absolute atomic E-state index is 10.8. The molecule has 7 heteroatoms. The summed E-state index contributed by atoms with van der Waals surface area (Å²) in [5.41, 5.74) is 1.68. The van der Waals surface area contributed by atoms with E-state index in [0.29, 0.717) is 4.60 Å². The average Bonchev–Trinajstić information content (AvgIpc) is 2.64. The number of nitro benzene ring substituents is 1. The van der Waals surface area contributed by atoms with E-state index in [2.05, 4.69) is 20.9 Å². The SMILES string of the molecule is CSc1nc(Br)c(-c2cccc([N+](=O)[O-])c2)n1C. The molecule has 0 N–H and O–H groups in total. The minimum atomic E-state index is -0.400. The molecular weight excluding hydrogens is 318 g/mol. The van der Waals surface area contributed by atoms with Gasteiger partial charge in [0.05, 0.1) is 10.6 Å². The Balaban J connectivity index is 2.58. The zero-order valence-corrected chi connectivity index (χ0v) is 12.2. The Morgan fingerprint density at radius 2 is 2.22 bits per heavy atom. The van der Waals surface area contributed by atoms with Crippen LogP contribution in [-0.2, 0) is 7.05 Å². The molecule has 0 aliphatic carbocycles. The van der Waals surface area contributed by atoms with Crippen LogP contribution in [0.25, 0.3) is 11.3 Å². The lowest BCUT2D eigenvalue weighted by Gasteiger charge is -2.04. The minimum Gasteiger partial charge on any atom is -0.321 e. The summed E-state index contributed by atoms with van der Waals surface area (Å²) in [6.45, 7) is 0. The molecule has 94 valence electrons. The van der Waals surface area contributed by atoms with Gasteiger partial charge in [0.25, 0.3) is 5.69 Å². The smallest absolute Gasteiger partial charge is 0.270 e. The van der Waals surface area contributed by atoms with Crippen molar-refractivity contribution in [3.63, 3.8) is 0 Å². The summed E-state index contributed by atoms with van der Waals surface area (Å²) < 4.78 is 2.60. The van der Waals surface area contributed by atoms with Gasteiger partial charge in [-0.05, 0) is 22.2 Å². The van der Waals surface area contributed by atoms with Crippen molar-refractivity contribution < 1.29 is 4.92 Å². The van der Waals surface area contributed by atoms with Crippen LogP contribution >= 0.6 is 27.7 Å². The summed E-state index contributed by atoms with van der Waals surface area (Å²) in [5, 5.41) is 11.6. The molecular formula is C11H10BrN3O2S. The van der Waals surface area contributed by atoms with Crippen LogP contribution in [0.15, 0.2) is 34.0 Å². The second-order valence-corrected chi connectivity index (χ2v) is 5.13. The van der Waals surface area contributed by atoms with Gasteiger partial charge in [-0.15, -0.1) is 0 Å². The maximum Gasteiger partial charge on any atom is 0.270 e. The van der Waals surface area contributed by atoms with Gasteiger partial charge in [-0.2, -0.15) is 0 Å². The largest absolute Gasteiger partial charge is 0.321 e. The average molecular weight is 328 g/mol. The van der Waals surface area contributed by atoms with Crippen molar-refractivity contribution in [1.29, 1.82) is 0 Å².